The number of hydrogen-bond acceptors (Lipinski definition) is 4. The summed E-state index contributed by atoms with van der Waals surface area (Å²) in [6.07, 6.45) is 10.4. The van der Waals surface area contributed by atoms with E-state index >= 15 is 0 Å². The molecular weight excluding hydrogens is 404 g/mol. The third-order valence-electron chi connectivity index (χ3n) is 8.29. The van der Waals surface area contributed by atoms with Crippen molar-refractivity contribution in [3.05, 3.63) is 41.5 Å². The molecule has 174 valence electrons. The van der Waals surface area contributed by atoms with Crippen molar-refractivity contribution in [1.82, 2.24) is 9.80 Å². The van der Waals surface area contributed by atoms with Gasteiger partial charge in [-0.05, 0) is 69.7 Å². The standard InChI is InChI=1S/C26H34N2O4.H2/c1-2-32-25(31)28-18-7-3-4-8-19(28)16-20(15-18)27-13-11-26(12-14-27)17-22(24(29)30)21-9-5-6-10-23(21)26;/h5-6,9-10,17-20H,2-4,7-8,11-16H2,1H3,(H,29,30);1H. The number of piperidine rings is 2. The lowest BCUT2D eigenvalue weighted by molar-refractivity contribution is -0.130. The molecule has 2 unspecified atom stereocenters. The minimum Gasteiger partial charge on any atom is -0.478 e. The molecule has 0 saturated carbocycles. The van der Waals surface area contributed by atoms with Crippen LogP contribution in [-0.2, 0) is 14.9 Å². The monoisotopic (exact) mass is 440 g/mol. The van der Waals surface area contributed by atoms with E-state index in [2.05, 4.69) is 15.9 Å². The maximum Gasteiger partial charge on any atom is 0.410 e. The molecule has 1 amide bonds. The quantitative estimate of drug-likeness (QED) is 0.739. The van der Waals surface area contributed by atoms with Gasteiger partial charge in [0.25, 0.3) is 0 Å². The van der Waals surface area contributed by atoms with E-state index in [4.69, 9.17) is 4.74 Å². The third-order valence-corrected chi connectivity index (χ3v) is 8.29. The minimum absolute atomic E-state index is 0. The van der Waals surface area contributed by atoms with Gasteiger partial charge in [-0.2, -0.15) is 0 Å². The summed E-state index contributed by atoms with van der Waals surface area (Å²) in [5.41, 5.74) is 2.38. The molecule has 5 rings (SSSR count). The van der Waals surface area contributed by atoms with Gasteiger partial charge in [-0.15, -0.1) is 0 Å². The van der Waals surface area contributed by atoms with Crippen LogP contribution in [0.4, 0.5) is 4.79 Å². The second-order valence-corrected chi connectivity index (χ2v) is 9.92. The van der Waals surface area contributed by atoms with Crippen LogP contribution in [0.15, 0.2) is 30.3 Å². The van der Waals surface area contributed by atoms with Crippen LogP contribution in [0.5, 0.6) is 0 Å². The first-order valence-corrected chi connectivity index (χ1v) is 12.3. The Labute approximate surface area is 191 Å². The molecule has 0 aromatic heterocycles. The van der Waals surface area contributed by atoms with E-state index in [-0.39, 0.29) is 25.0 Å². The molecule has 1 spiro atoms. The predicted molar refractivity (Wildman–Crippen MR) is 125 cm³/mol. The Morgan fingerprint density at radius 2 is 1.75 bits per heavy atom. The number of fused-ring (bicyclic) bond motifs is 4. The average molecular weight is 441 g/mol. The van der Waals surface area contributed by atoms with Crippen LogP contribution in [0.25, 0.3) is 5.57 Å². The Hall–Kier alpha value is -2.34. The SMILES string of the molecule is CCOC(=O)N1C2CCCCC1CC(N1CCC3(C=C(C(=O)O)c4ccccc43)CC1)C2.[HH]. The highest BCUT2D eigenvalue weighted by atomic mass is 16.6. The number of likely N-dealkylation sites (tertiary alicyclic amines) is 1. The molecule has 1 aromatic carbocycles. The first kappa shape index (κ1) is 21.5. The number of ether oxygens (including phenoxy) is 1. The zero-order valence-electron chi connectivity index (χ0n) is 19.0. The van der Waals surface area contributed by atoms with Gasteiger partial charge in [0.15, 0.2) is 0 Å². The number of benzene rings is 1. The Kier molecular flexibility index (Phi) is 5.74. The van der Waals surface area contributed by atoms with Gasteiger partial charge >= 0.3 is 12.1 Å². The zero-order valence-corrected chi connectivity index (χ0v) is 19.0. The number of amides is 1. The van der Waals surface area contributed by atoms with Crippen molar-refractivity contribution in [1.29, 1.82) is 0 Å². The lowest BCUT2D eigenvalue weighted by Gasteiger charge is -2.49. The zero-order chi connectivity index (χ0) is 22.3. The summed E-state index contributed by atoms with van der Waals surface area (Å²) in [7, 11) is 0. The first-order valence-electron chi connectivity index (χ1n) is 12.3. The summed E-state index contributed by atoms with van der Waals surface area (Å²) < 4.78 is 5.40. The van der Waals surface area contributed by atoms with Gasteiger partial charge in [0.1, 0.15) is 0 Å². The van der Waals surface area contributed by atoms with Crippen LogP contribution in [0, 0.1) is 0 Å². The Bertz CT molecular complexity index is 909. The molecular formula is C26H36N2O4. The second-order valence-electron chi connectivity index (χ2n) is 9.92. The number of carboxylic acid groups (broad SMARTS) is 1. The molecule has 1 N–H and O–H groups in total. The summed E-state index contributed by atoms with van der Waals surface area (Å²) in [6, 6.07) is 9.08. The molecule has 1 aromatic rings. The molecule has 2 atom stereocenters. The number of nitrogens with zero attached hydrogens (tertiary/aromatic N) is 2. The van der Waals surface area contributed by atoms with Crippen LogP contribution in [-0.4, -0.2) is 64.8 Å². The van der Waals surface area contributed by atoms with E-state index in [1.54, 1.807) is 0 Å². The van der Waals surface area contributed by atoms with E-state index in [9.17, 15) is 14.7 Å². The number of carbonyl (C=O) groups excluding carboxylic acids is 1. The summed E-state index contributed by atoms with van der Waals surface area (Å²) in [4.78, 5) is 29.2. The van der Waals surface area contributed by atoms with E-state index in [0.717, 1.165) is 57.2 Å². The molecule has 1 aliphatic carbocycles. The van der Waals surface area contributed by atoms with Crippen molar-refractivity contribution < 1.29 is 20.9 Å². The predicted octanol–water partition coefficient (Wildman–Crippen LogP) is 4.68. The third kappa shape index (κ3) is 3.62. The summed E-state index contributed by atoms with van der Waals surface area (Å²) in [5, 5.41) is 9.74. The molecule has 0 radical (unpaired) electrons. The Morgan fingerprint density at radius 1 is 1.09 bits per heavy atom. The van der Waals surface area contributed by atoms with Crippen LogP contribution in [0.2, 0.25) is 0 Å². The van der Waals surface area contributed by atoms with Crippen LogP contribution >= 0.6 is 0 Å². The van der Waals surface area contributed by atoms with Crippen molar-refractivity contribution in [2.75, 3.05) is 19.7 Å². The smallest absolute Gasteiger partial charge is 0.410 e. The van der Waals surface area contributed by atoms with Gasteiger partial charge in [-0.25, -0.2) is 9.59 Å². The fraction of sp³-hybridized carbons (Fsp3) is 0.615. The van der Waals surface area contributed by atoms with Gasteiger partial charge < -0.3 is 19.6 Å². The van der Waals surface area contributed by atoms with E-state index in [1.807, 2.05) is 31.2 Å². The minimum atomic E-state index is -0.827. The fourth-order valence-corrected chi connectivity index (χ4v) is 6.78. The molecule has 3 saturated heterocycles. The van der Waals surface area contributed by atoms with Gasteiger partial charge in [-0.3, -0.25) is 0 Å². The highest BCUT2D eigenvalue weighted by Gasteiger charge is 2.46. The number of carbonyl (C=O) groups is 2. The maximum absolute atomic E-state index is 12.7. The first-order chi connectivity index (χ1) is 15.5. The van der Waals surface area contributed by atoms with Crippen LogP contribution < -0.4 is 0 Å². The average Bonchev–Trinajstić information content (AvgIpc) is 3.04. The summed E-state index contributed by atoms with van der Waals surface area (Å²) >= 11 is 0. The molecule has 2 bridgehead atoms. The van der Waals surface area contributed by atoms with Crippen LogP contribution in [0.3, 0.4) is 0 Å². The molecule has 6 heteroatoms. The van der Waals surface area contributed by atoms with Crippen molar-refractivity contribution in [2.45, 2.75) is 81.8 Å². The lowest BCUT2D eigenvalue weighted by Crippen LogP contribution is -2.57. The highest BCUT2D eigenvalue weighted by Crippen LogP contribution is 2.48. The van der Waals surface area contributed by atoms with Crippen LogP contribution in [0.1, 0.15) is 70.8 Å². The molecule has 6 nitrogen and oxygen atoms in total. The fourth-order valence-electron chi connectivity index (χ4n) is 6.78. The number of aliphatic carboxylic acids is 1. The number of allylic oxidation sites excluding steroid dienone is 1. The number of hydrogen-bond donors (Lipinski definition) is 1. The topological polar surface area (TPSA) is 70.1 Å². The van der Waals surface area contributed by atoms with Gasteiger partial charge in [0, 0.05) is 25.0 Å². The molecule has 4 aliphatic rings. The van der Waals surface area contributed by atoms with E-state index < -0.39 is 5.97 Å². The second kappa shape index (κ2) is 8.54. The highest BCUT2D eigenvalue weighted by molar-refractivity contribution is 6.17. The normalized spacial score (nSPS) is 29.2. The van der Waals surface area contributed by atoms with Gasteiger partial charge in [0.05, 0.1) is 12.2 Å². The Morgan fingerprint density at radius 3 is 2.38 bits per heavy atom. The van der Waals surface area contributed by atoms with E-state index in [1.165, 1.54) is 18.4 Å². The maximum atomic E-state index is 12.7. The summed E-state index contributed by atoms with van der Waals surface area (Å²) in [5.74, 6) is -0.827. The van der Waals surface area contributed by atoms with Crippen molar-refractivity contribution in [3.8, 4) is 0 Å². The molecule has 3 aliphatic heterocycles. The number of rotatable bonds is 3. The van der Waals surface area contributed by atoms with Crippen molar-refractivity contribution in [2.24, 2.45) is 0 Å². The Balaban J connectivity index is 0.00000259. The van der Waals surface area contributed by atoms with E-state index in [0.29, 0.717) is 18.2 Å². The van der Waals surface area contributed by atoms with Crippen molar-refractivity contribution in [3.63, 3.8) is 0 Å². The van der Waals surface area contributed by atoms with Gasteiger partial charge in [0.2, 0.25) is 0 Å². The summed E-state index contributed by atoms with van der Waals surface area (Å²) in [6.45, 7) is 4.26. The van der Waals surface area contributed by atoms with Crippen molar-refractivity contribution >= 4 is 17.6 Å². The largest absolute Gasteiger partial charge is 0.478 e. The number of carboxylic acids is 1. The molecule has 3 fully saturated rings. The molecule has 3 heterocycles. The lowest BCUT2D eigenvalue weighted by atomic mass is 9.74. The molecule has 32 heavy (non-hydrogen) atoms. The van der Waals surface area contributed by atoms with Gasteiger partial charge in [-0.1, -0.05) is 43.2 Å².